The van der Waals surface area contributed by atoms with Crippen LogP contribution in [0.25, 0.3) is 0 Å². The molecule has 0 aromatic heterocycles. The van der Waals surface area contributed by atoms with Crippen LogP contribution in [0.3, 0.4) is 0 Å². The van der Waals surface area contributed by atoms with E-state index in [2.05, 4.69) is 20.4 Å². The lowest BCUT2D eigenvalue weighted by Crippen LogP contribution is -2.47. The van der Waals surface area contributed by atoms with Gasteiger partial charge in [0.25, 0.3) is 0 Å². The van der Waals surface area contributed by atoms with Crippen molar-refractivity contribution in [2.75, 3.05) is 6.61 Å². The average molecular weight is 462 g/mol. The first-order chi connectivity index (χ1) is 15.5. The van der Waals surface area contributed by atoms with Crippen molar-refractivity contribution in [3.05, 3.63) is 41.7 Å². The number of hydrogen-bond acceptors (Lipinski definition) is 4. The third-order valence-electron chi connectivity index (χ3n) is 8.29. The number of aliphatic hydroxyl groups excluding tert-OH is 1. The molecule has 1 heterocycles. The van der Waals surface area contributed by atoms with Crippen LogP contribution in [0.1, 0.15) is 77.8 Å². The highest BCUT2D eigenvalue weighted by atomic mass is 19.1. The minimum atomic E-state index is -1.64. The molecule has 2 fully saturated rings. The van der Waals surface area contributed by atoms with Crippen LogP contribution in [-0.2, 0) is 16.8 Å². The molecule has 1 aliphatic carbocycles. The van der Waals surface area contributed by atoms with Gasteiger partial charge in [-0.3, -0.25) is 0 Å². The van der Waals surface area contributed by atoms with Gasteiger partial charge in [0, 0.05) is 18.3 Å². The second kappa shape index (κ2) is 10.8. The molecule has 1 aliphatic heterocycles. The van der Waals surface area contributed by atoms with Crippen molar-refractivity contribution in [3.63, 3.8) is 0 Å². The number of allylic oxidation sites excluding steroid dienone is 1. The van der Waals surface area contributed by atoms with Gasteiger partial charge in [-0.15, -0.1) is 0 Å². The lowest BCUT2D eigenvalue weighted by Gasteiger charge is -2.46. The largest absolute Gasteiger partial charge is 0.821 e. The van der Waals surface area contributed by atoms with Gasteiger partial charge in [-0.1, -0.05) is 39.8 Å². The predicted octanol–water partition coefficient (Wildman–Crippen LogP) is 6.07. The number of rotatable bonds is 8. The quantitative estimate of drug-likeness (QED) is 0.377. The van der Waals surface area contributed by atoms with Crippen LogP contribution < -0.4 is 9.84 Å². The van der Waals surface area contributed by atoms with Crippen LogP contribution in [0.2, 0.25) is 0 Å². The highest BCUT2D eigenvalue weighted by Gasteiger charge is 2.42. The Morgan fingerprint density at radius 3 is 2.67 bits per heavy atom. The van der Waals surface area contributed by atoms with E-state index in [0.29, 0.717) is 35.7 Å². The summed E-state index contributed by atoms with van der Waals surface area (Å²) < 4.78 is 27.4. The van der Waals surface area contributed by atoms with Gasteiger partial charge in [0.1, 0.15) is 11.4 Å². The summed E-state index contributed by atoms with van der Waals surface area (Å²) in [6, 6.07) is 5.12. The van der Waals surface area contributed by atoms with Crippen LogP contribution in [-0.4, -0.2) is 24.1 Å². The molecule has 3 unspecified atom stereocenters. The van der Waals surface area contributed by atoms with Crippen LogP contribution in [0, 0.1) is 29.6 Å². The molecule has 8 atom stereocenters. The minimum absolute atomic E-state index is 0.0167. The molecule has 1 saturated carbocycles. The SMILES string of the molecule is C=C(O)Cc1ccc(O[C@@H]([O-])[C@H](C)[C@@H]2CC[C@@H](C)[C@@H]3CCC(C)OCC23)c(C(C)(F)CC)c1. The van der Waals surface area contributed by atoms with Gasteiger partial charge in [0.2, 0.25) is 0 Å². The summed E-state index contributed by atoms with van der Waals surface area (Å²) in [6.07, 6.45) is 3.84. The van der Waals surface area contributed by atoms with E-state index in [4.69, 9.17) is 9.47 Å². The van der Waals surface area contributed by atoms with Gasteiger partial charge in [-0.05, 0) is 86.8 Å². The maximum absolute atomic E-state index is 15.4. The van der Waals surface area contributed by atoms with Crippen LogP contribution in [0.15, 0.2) is 30.5 Å². The van der Waals surface area contributed by atoms with Crippen molar-refractivity contribution in [3.8, 4) is 5.75 Å². The monoisotopic (exact) mass is 461 g/mol. The topological polar surface area (TPSA) is 61.8 Å². The second-order valence-corrected chi connectivity index (χ2v) is 10.7. The molecule has 1 N–H and O–H groups in total. The molecule has 1 aromatic carbocycles. The number of halogens is 1. The lowest BCUT2D eigenvalue weighted by atomic mass is 9.62. The maximum Gasteiger partial charge on any atom is 0.136 e. The zero-order valence-corrected chi connectivity index (χ0v) is 21.0. The number of aliphatic hydroxyl groups is 1. The van der Waals surface area contributed by atoms with Gasteiger partial charge in [0.15, 0.2) is 0 Å². The lowest BCUT2D eigenvalue weighted by molar-refractivity contribution is -0.490. The first kappa shape index (κ1) is 26.0. The van der Waals surface area contributed by atoms with Crippen molar-refractivity contribution in [1.82, 2.24) is 0 Å². The fourth-order valence-electron chi connectivity index (χ4n) is 5.87. The second-order valence-electron chi connectivity index (χ2n) is 10.7. The van der Waals surface area contributed by atoms with Crippen molar-refractivity contribution >= 4 is 0 Å². The van der Waals surface area contributed by atoms with E-state index in [0.717, 1.165) is 31.2 Å². The molecule has 0 bridgehead atoms. The van der Waals surface area contributed by atoms with E-state index < -0.39 is 12.0 Å². The van der Waals surface area contributed by atoms with Crippen LogP contribution in [0.4, 0.5) is 4.39 Å². The van der Waals surface area contributed by atoms with Crippen molar-refractivity contribution in [1.29, 1.82) is 0 Å². The Labute approximate surface area is 199 Å². The van der Waals surface area contributed by atoms with E-state index in [-0.39, 0.29) is 36.5 Å². The zero-order chi connectivity index (χ0) is 24.3. The molecular formula is C28H42FO4-. The Balaban J connectivity index is 1.81. The molecule has 0 spiro atoms. The molecule has 33 heavy (non-hydrogen) atoms. The normalized spacial score (nSPS) is 31.5. The van der Waals surface area contributed by atoms with Crippen molar-refractivity contribution in [2.24, 2.45) is 29.6 Å². The van der Waals surface area contributed by atoms with E-state index in [9.17, 15) is 10.2 Å². The van der Waals surface area contributed by atoms with E-state index in [1.807, 2.05) is 6.92 Å². The fourth-order valence-corrected chi connectivity index (χ4v) is 5.87. The fraction of sp³-hybridized carbons (Fsp3) is 0.714. The Hall–Kier alpha value is -1.59. The third kappa shape index (κ3) is 6.10. The molecule has 0 radical (unpaired) electrons. The average Bonchev–Trinajstić information content (AvgIpc) is 2.96. The predicted molar refractivity (Wildman–Crippen MR) is 128 cm³/mol. The Kier molecular flexibility index (Phi) is 8.50. The summed E-state index contributed by atoms with van der Waals surface area (Å²) in [7, 11) is 0. The highest BCUT2D eigenvalue weighted by molar-refractivity contribution is 5.42. The summed E-state index contributed by atoms with van der Waals surface area (Å²) in [4.78, 5) is 0. The molecule has 5 heteroatoms. The van der Waals surface area contributed by atoms with E-state index in [1.165, 1.54) is 6.92 Å². The summed E-state index contributed by atoms with van der Waals surface area (Å²) in [5.74, 6) is 1.94. The number of fused-ring (bicyclic) bond motifs is 1. The molecule has 4 nitrogen and oxygen atoms in total. The van der Waals surface area contributed by atoms with Crippen molar-refractivity contribution in [2.45, 2.75) is 91.2 Å². The molecular weight excluding hydrogens is 419 g/mol. The van der Waals surface area contributed by atoms with Gasteiger partial charge in [0.05, 0.1) is 18.5 Å². The first-order valence-corrected chi connectivity index (χ1v) is 12.7. The van der Waals surface area contributed by atoms with Crippen LogP contribution in [0.5, 0.6) is 5.75 Å². The van der Waals surface area contributed by atoms with E-state index >= 15 is 4.39 Å². The van der Waals surface area contributed by atoms with Gasteiger partial charge in [-0.2, -0.15) is 0 Å². The number of alkyl halides is 1. The minimum Gasteiger partial charge on any atom is -0.821 e. The van der Waals surface area contributed by atoms with Crippen LogP contribution >= 0.6 is 0 Å². The van der Waals surface area contributed by atoms with E-state index in [1.54, 1.807) is 25.1 Å². The smallest absolute Gasteiger partial charge is 0.136 e. The summed E-state index contributed by atoms with van der Waals surface area (Å²) in [5.41, 5.74) is -0.535. The molecule has 2 aliphatic rings. The van der Waals surface area contributed by atoms with Gasteiger partial charge < -0.3 is 19.7 Å². The summed E-state index contributed by atoms with van der Waals surface area (Å²) >= 11 is 0. The molecule has 186 valence electrons. The Morgan fingerprint density at radius 1 is 1.27 bits per heavy atom. The number of benzene rings is 1. The molecule has 3 rings (SSSR count). The summed E-state index contributed by atoms with van der Waals surface area (Å²) in [5, 5.41) is 23.0. The maximum atomic E-state index is 15.4. The number of hydrogen-bond donors (Lipinski definition) is 1. The summed E-state index contributed by atoms with van der Waals surface area (Å²) in [6.45, 7) is 14.0. The highest BCUT2D eigenvalue weighted by Crippen LogP contribution is 2.47. The Bertz CT molecular complexity index is 807. The number of ether oxygens (including phenoxy) is 2. The third-order valence-corrected chi connectivity index (χ3v) is 8.29. The van der Waals surface area contributed by atoms with Gasteiger partial charge in [-0.25, -0.2) is 4.39 Å². The van der Waals surface area contributed by atoms with Gasteiger partial charge >= 0.3 is 0 Å². The molecule has 0 amide bonds. The Morgan fingerprint density at radius 2 is 2.00 bits per heavy atom. The van der Waals surface area contributed by atoms with Crippen molar-refractivity contribution < 1.29 is 24.1 Å². The zero-order valence-electron chi connectivity index (χ0n) is 21.0. The first-order valence-electron chi connectivity index (χ1n) is 12.7. The molecule has 1 saturated heterocycles. The standard InChI is InChI=1S/C28H42FO4/c1-7-28(6,29)25-15-21(14-18(3)30)10-13-26(25)33-27(31)20(5)23-11-8-17(2)22-12-9-19(4)32-16-24(22)23/h10,13,15,17,19-20,22-24,27,30H,3,7-9,11-12,14,16H2,1-2,4-6H3/q-1/t17-,19?,20-,22+,23+,24?,27-,28?/m1/s1. The molecule has 1 aromatic rings.